The molecule has 1 aromatic heterocycles. The normalized spacial score (nSPS) is 11.3. The monoisotopic (exact) mass is 251 g/mol. The summed E-state index contributed by atoms with van der Waals surface area (Å²) in [6, 6.07) is 4.38. The molecule has 0 aliphatic carbocycles. The molecule has 1 heterocycles. The molecule has 0 saturated carbocycles. The van der Waals surface area contributed by atoms with Crippen LogP contribution in [0.1, 0.15) is 5.89 Å². The van der Waals surface area contributed by atoms with E-state index in [0.29, 0.717) is 17.0 Å². The van der Waals surface area contributed by atoms with Crippen LogP contribution in [0.4, 0.5) is 0 Å². The molecule has 0 fully saturated rings. The fourth-order valence-corrected chi connectivity index (χ4v) is 1.97. The molecule has 0 N–H and O–H groups in total. The molecule has 0 atom stereocenters. The largest absolute Gasteiger partial charge is 1.00 e. The molecule has 0 aliphatic heterocycles. The summed E-state index contributed by atoms with van der Waals surface area (Å²) in [5.74, 6) is 0.499. The first-order valence-electron chi connectivity index (χ1n) is 3.80. The minimum Gasteiger partial charge on any atom is -0.644 e. The summed E-state index contributed by atoms with van der Waals surface area (Å²) in [7, 11) is -3.59. The Balaban J connectivity index is 0.00000112. The topological polar surface area (TPSA) is 60.2 Å². The van der Waals surface area contributed by atoms with Gasteiger partial charge in [-0.2, -0.15) is 0 Å². The molecular weight excluding hydrogens is 245 g/mol. The maximum absolute atomic E-state index is 11.0. The zero-order valence-electron chi connectivity index (χ0n) is 8.22. The first kappa shape index (κ1) is 13.1. The molecule has 0 unspecified atom stereocenters. The first-order chi connectivity index (χ1) is 6.47. The van der Waals surface area contributed by atoms with E-state index in [4.69, 9.17) is 4.42 Å². The van der Waals surface area contributed by atoms with Gasteiger partial charge in [-0.3, -0.25) is 0 Å². The Morgan fingerprint density at radius 1 is 1.40 bits per heavy atom. The van der Waals surface area contributed by atoms with Crippen molar-refractivity contribution in [3.8, 4) is 0 Å². The number of aromatic nitrogens is 1. The number of oxazole rings is 1. The van der Waals surface area contributed by atoms with Crippen LogP contribution in [0.2, 0.25) is 0 Å². The van der Waals surface area contributed by atoms with E-state index in [9.17, 15) is 8.42 Å². The van der Waals surface area contributed by atoms with Gasteiger partial charge < -0.3 is 16.1 Å². The van der Waals surface area contributed by atoms with E-state index in [1.165, 1.54) is 12.1 Å². The average molecular weight is 251 g/mol. The number of fused-ring (bicyclic) bond motifs is 1. The van der Waals surface area contributed by atoms with E-state index in [1.807, 2.05) is 0 Å². The van der Waals surface area contributed by atoms with Gasteiger partial charge in [0, 0.05) is 11.8 Å². The van der Waals surface area contributed by atoms with E-state index in [2.05, 4.69) is 16.6 Å². The second kappa shape index (κ2) is 4.47. The molecule has 0 radical (unpaired) electrons. The summed E-state index contributed by atoms with van der Waals surface area (Å²) in [4.78, 5) is 4.11. The van der Waals surface area contributed by atoms with Gasteiger partial charge in [0.15, 0.2) is 11.5 Å². The van der Waals surface area contributed by atoms with Crippen molar-refractivity contribution in [1.82, 2.24) is 4.98 Å². The predicted molar refractivity (Wildman–Crippen MR) is 53.3 cm³/mol. The van der Waals surface area contributed by atoms with Gasteiger partial charge >= 0.3 is 29.6 Å². The summed E-state index contributed by atoms with van der Waals surface area (Å²) in [6.45, 7) is 1.70. The number of hydrogen-bond acceptors (Lipinski definition) is 5. The van der Waals surface area contributed by atoms with Crippen LogP contribution in [0.15, 0.2) is 27.5 Å². The van der Waals surface area contributed by atoms with Gasteiger partial charge in [-0.15, -0.1) is 0 Å². The molecular formula is C8H6NNaO3S2. The first-order valence-corrected chi connectivity index (χ1v) is 6.21. The third-order valence-corrected chi connectivity index (χ3v) is 3.16. The Morgan fingerprint density at radius 2 is 2.07 bits per heavy atom. The number of hydrogen-bond donors (Lipinski definition) is 0. The Hall–Kier alpha value is -0.0100. The molecule has 2 aromatic rings. The molecule has 0 bridgehead atoms. The van der Waals surface area contributed by atoms with Crippen molar-refractivity contribution in [2.45, 2.75) is 11.8 Å². The summed E-state index contributed by atoms with van der Waals surface area (Å²) < 4.78 is 27.3. The maximum atomic E-state index is 11.0. The average Bonchev–Trinajstić information content (AvgIpc) is 2.41. The van der Waals surface area contributed by atoms with Crippen LogP contribution >= 0.6 is 0 Å². The summed E-state index contributed by atoms with van der Waals surface area (Å²) in [6.07, 6.45) is 0. The van der Waals surface area contributed by atoms with Crippen molar-refractivity contribution < 1.29 is 42.4 Å². The summed E-state index contributed by atoms with van der Waals surface area (Å²) in [5, 5.41) is 0. The Kier molecular flexibility index (Phi) is 3.89. The van der Waals surface area contributed by atoms with Gasteiger partial charge in [0.2, 0.25) is 0 Å². The predicted octanol–water partition coefficient (Wildman–Crippen LogP) is -1.62. The van der Waals surface area contributed by atoms with Crippen LogP contribution < -0.4 is 29.6 Å². The van der Waals surface area contributed by atoms with Crippen LogP contribution in [0.25, 0.3) is 11.1 Å². The van der Waals surface area contributed by atoms with Crippen molar-refractivity contribution in [2.75, 3.05) is 0 Å². The third-order valence-electron chi connectivity index (χ3n) is 1.76. The van der Waals surface area contributed by atoms with Gasteiger partial charge in [0.1, 0.15) is 5.52 Å². The molecule has 0 amide bonds. The van der Waals surface area contributed by atoms with E-state index >= 15 is 0 Å². The molecule has 0 saturated heterocycles. The van der Waals surface area contributed by atoms with Crippen molar-refractivity contribution in [2.24, 2.45) is 0 Å². The van der Waals surface area contributed by atoms with E-state index < -0.39 is 8.87 Å². The Labute approximate surface area is 114 Å². The second-order valence-corrected chi connectivity index (χ2v) is 5.51. The Bertz CT molecular complexity index is 591. The molecule has 0 spiro atoms. The van der Waals surface area contributed by atoms with E-state index in [-0.39, 0.29) is 34.5 Å². The smallest absolute Gasteiger partial charge is 0.644 e. The zero-order chi connectivity index (χ0) is 10.3. The fraction of sp³-hybridized carbons (Fsp3) is 0.125. The molecule has 0 aliphatic rings. The fourth-order valence-electron chi connectivity index (χ4n) is 1.18. The van der Waals surface area contributed by atoms with Gasteiger partial charge in [-0.05, 0) is 18.2 Å². The van der Waals surface area contributed by atoms with Crippen molar-refractivity contribution in [3.05, 3.63) is 24.1 Å². The minimum atomic E-state index is -3.59. The molecule has 4 nitrogen and oxygen atoms in total. The Morgan fingerprint density at radius 3 is 2.67 bits per heavy atom. The molecule has 15 heavy (non-hydrogen) atoms. The molecule has 74 valence electrons. The number of nitrogens with zero attached hydrogens (tertiary/aromatic N) is 1. The SMILES string of the molecule is Cc1nc2ccc(S(=O)(=O)[S-])cc2o1.[Na+]. The van der Waals surface area contributed by atoms with E-state index in [0.717, 1.165) is 0 Å². The van der Waals surface area contributed by atoms with Crippen LogP contribution in [0, 0.1) is 6.92 Å². The minimum absolute atomic E-state index is 0. The number of aryl methyl sites for hydroxylation is 1. The van der Waals surface area contributed by atoms with Crippen LogP contribution in [0.3, 0.4) is 0 Å². The van der Waals surface area contributed by atoms with Gasteiger partial charge in [0.25, 0.3) is 0 Å². The van der Waals surface area contributed by atoms with Crippen LogP contribution in [0.5, 0.6) is 0 Å². The van der Waals surface area contributed by atoms with Gasteiger partial charge in [0.05, 0.1) is 8.87 Å². The van der Waals surface area contributed by atoms with Crippen LogP contribution in [-0.2, 0) is 20.5 Å². The second-order valence-electron chi connectivity index (χ2n) is 2.82. The molecule has 7 heteroatoms. The van der Waals surface area contributed by atoms with Crippen molar-refractivity contribution in [3.63, 3.8) is 0 Å². The van der Waals surface area contributed by atoms with Gasteiger partial charge in [-0.25, -0.2) is 13.4 Å². The molecule has 2 rings (SSSR count). The zero-order valence-corrected chi connectivity index (χ0v) is 11.9. The van der Waals surface area contributed by atoms with Gasteiger partial charge in [-0.1, -0.05) is 0 Å². The molecule has 1 aromatic carbocycles. The quantitative estimate of drug-likeness (QED) is 0.346. The van der Waals surface area contributed by atoms with Crippen molar-refractivity contribution in [1.29, 1.82) is 0 Å². The summed E-state index contributed by atoms with van der Waals surface area (Å²) in [5.41, 5.74) is 1.07. The maximum Gasteiger partial charge on any atom is 1.00 e. The van der Waals surface area contributed by atoms with Crippen molar-refractivity contribution >= 4 is 31.6 Å². The standard InChI is InChI=1S/C8H7NO3S2.Na/c1-5-9-7-3-2-6(14(10,11)13)4-8(7)12-5;/h2-4H,1H3,(H,10,11,13);/q;+1/p-1. The van der Waals surface area contributed by atoms with E-state index in [1.54, 1.807) is 13.0 Å². The summed E-state index contributed by atoms with van der Waals surface area (Å²) >= 11 is 4.33. The number of benzene rings is 1. The third kappa shape index (κ3) is 2.76. The number of rotatable bonds is 1. The van der Waals surface area contributed by atoms with Crippen LogP contribution in [-0.4, -0.2) is 13.4 Å².